The molecule has 5 nitrogen and oxygen atoms in total. The van der Waals surface area contributed by atoms with E-state index in [-0.39, 0.29) is 41.4 Å². The van der Waals surface area contributed by atoms with E-state index in [0.29, 0.717) is 13.1 Å². The number of rotatable bonds is 5. The van der Waals surface area contributed by atoms with E-state index in [9.17, 15) is 9.59 Å². The summed E-state index contributed by atoms with van der Waals surface area (Å²) >= 11 is 1.52. The molecule has 1 unspecified atom stereocenters. The molecule has 0 spiro atoms. The molecule has 0 radical (unpaired) electrons. The number of nitrogens with two attached hydrogens (primary N) is 1. The van der Waals surface area contributed by atoms with Gasteiger partial charge in [-0.25, -0.2) is 0 Å². The Hall–Kier alpha value is -2.02. The van der Waals surface area contributed by atoms with E-state index in [0.717, 1.165) is 10.6 Å². The predicted molar refractivity (Wildman–Crippen MR) is 117 cm³/mol. The van der Waals surface area contributed by atoms with Gasteiger partial charge in [0.2, 0.25) is 11.8 Å². The van der Waals surface area contributed by atoms with Gasteiger partial charge in [0.05, 0.1) is 5.25 Å². The molecule has 150 valence electrons. The van der Waals surface area contributed by atoms with Crippen LogP contribution >= 0.6 is 24.2 Å². The number of anilines is 1. The van der Waals surface area contributed by atoms with Crippen molar-refractivity contribution in [3.8, 4) is 0 Å². The van der Waals surface area contributed by atoms with Crippen LogP contribution in [0, 0.1) is 0 Å². The summed E-state index contributed by atoms with van der Waals surface area (Å²) in [5.41, 5.74) is 8.25. The molecule has 2 amide bonds. The van der Waals surface area contributed by atoms with Crippen molar-refractivity contribution in [3.63, 3.8) is 0 Å². The molecule has 0 bridgehead atoms. The van der Waals surface area contributed by atoms with E-state index in [1.807, 2.05) is 54.3 Å². The molecular weight excluding hydrogens is 394 g/mol. The van der Waals surface area contributed by atoms with Crippen molar-refractivity contribution in [3.05, 3.63) is 60.2 Å². The maximum absolute atomic E-state index is 12.9. The molecule has 7 heteroatoms. The molecule has 3 atom stereocenters. The molecule has 2 aromatic rings. The number of thioether (sulfide) groups is 1. The van der Waals surface area contributed by atoms with Crippen LogP contribution in [0.3, 0.4) is 0 Å². The number of nitrogens with zero attached hydrogens (tertiary/aromatic N) is 1. The van der Waals surface area contributed by atoms with Gasteiger partial charge in [0.15, 0.2) is 0 Å². The number of carbonyl (C=O) groups is 2. The van der Waals surface area contributed by atoms with Crippen molar-refractivity contribution in [2.24, 2.45) is 5.73 Å². The third-order valence-electron chi connectivity index (χ3n) is 4.74. The zero-order valence-electron chi connectivity index (χ0n) is 16.0. The first-order valence-electron chi connectivity index (χ1n) is 9.07. The normalized spacial score (nSPS) is 19.6. The lowest BCUT2D eigenvalue weighted by Crippen LogP contribution is -2.36. The zero-order chi connectivity index (χ0) is 19.4. The molecule has 3 N–H and O–H groups in total. The molecular formula is C21H26ClN3O2S. The highest BCUT2D eigenvalue weighted by atomic mass is 35.5. The van der Waals surface area contributed by atoms with Crippen molar-refractivity contribution in [2.45, 2.75) is 36.0 Å². The van der Waals surface area contributed by atoms with Crippen LogP contribution in [0.1, 0.15) is 25.3 Å². The van der Waals surface area contributed by atoms with Gasteiger partial charge in [-0.05, 0) is 36.8 Å². The maximum Gasteiger partial charge on any atom is 0.235 e. The first-order chi connectivity index (χ1) is 12.9. The molecule has 1 aliphatic heterocycles. The zero-order valence-corrected chi connectivity index (χ0v) is 17.6. The fraction of sp³-hybridized carbons (Fsp3) is 0.333. The summed E-state index contributed by atoms with van der Waals surface area (Å²) in [6, 6.07) is 17.7. The first kappa shape index (κ1) is 22.3. The number of nitrogens with one attached hydrogen (secondary N) is 1. The Bertz CT molecular complexity index is 801. The second-order valence-corrected chi connectivity index (χ2v) is 8.30. The summed E-state index contributed by atoms with van der Waals surface area (Å²) in [5.74, 6) is 0.196. The van der Waals surface area contributed by atoms with Crippen molar-refractivity contribution in [1.29, 1.82) is 0 Å². The van der Waals surface area contributed by atoms with Gasteiger partial charge in [-0.2, -0.15) is 0 Å². The van der Waals surface area contributed by atoms with Crippen LogP contribution in [0.5, 0.6) is 0 Å². The van der Waals surface area contributed by atoms with Crippen LogP contribution < -0.4 is 11.1 Å². The van der Waals surface area contributed by atoms with E-state index in [1.54, 1.807) is 0 Å². The minimum Gasteiger partial charge on any atom is -0.339 e. The Labute approximate surface area is 176 Å². The van der Waals surface area contributed by atoms with E-state index in [1.165, 1.54) is 24.2 Å². The van der Waals surface area contributed by atoms with Crippen LogP contribution in [0.4, 0.5) is 5.69 Å². The average Bonchev–Trinajstić information content (AvgIpc) is 3.04. The van der Waals surface area contributed by atoms with Gasteiger partial charge in [-0.1, -0.05) is 30.3 Å². The van der Waals surface area contributed by atoms with Gasteiger partial charge in [0.1, 0.15) is 0 Å². The molecule has 3 rings (SSSR count). The van der Waals surface area contributed by atoms with Crippen LogP contribution in [-0.2, 0) is 9.59 Å². The van der Waals surface area contributed by atoms with Crippen LogP contribution in [0.15, 0.2) is 59.5 Å². The van der Waals surface area contributed by atoms with E-state index >= 15 is 0 Å². The summed E-state index contributed by atoms with van der Waals surface area (Å²) in [7, 11) is 0. The molecule has 1 saturated heterocycles. The minimum atomic E-state index is -0.196. The summed E-state index contributed by atoms with van der Waals surface area (Å²) in [5, 5.41) is 2.54. The molecule has 0 aliphatic carbocycles. The number of benzene rings is 2. The van der Waals surface area contributed by atoms with E-state index in [4.69, 9.17) is 5.73 Å². The SMILES string of the molecule is CC(=O)Nc1ccc(SC(C)C(=O)N2C[C@@H](N)[C@H](c3ccccc3)C2)cc1.Cl. The fourth-order valence-corrected chi connectivity index (χ4v) is 4.34. The third kappa shape index (κ3) is 5.50. The van der Waals surface area contributed by atoms with Gasteiger partial charge in [0.25, 0.3) is 0 Å². The first-order valence-corrected chi connectivity index (χ1v) is 9.95. The number of hydrogen-bond acceptors (Lipinski definition) is 4. The predicted octanol–water partition coefficient (Wildman–Crippen LogP) is 3.50. The fourth-order valence-electron chi connectivity index (χ4n) is 3.39. The standard InChI is InChI=1S/C21H25N3O2S.ClH/c1-14(27-18-10-8-17(9-11-18)23-15(2)25)21(26)24-12-19(20(22)13-24)16-6-4-3-5-7-16;/h3-11,14,19-20H,12-13,22H2,1-2H3,(H,23,25);1H/t14?,19-,20+;/m0./s1. The lowest BCUT2D eigenvalue weighted by Gasteiger charge is -2.21. The number of amides is 2. The lowest BCUT2D eigenvalue weighted by molar-refractivity contribution is -0.129. The molecule has 1 fully saturated rings. The highest BCUT2D eigenvalue weighted by molar-refractivity contribution is 8.00. The average molecular weight is 420 g/mol. The molecule has 28 heavy (non-hydrogen) atoms. The van der Waals surface area contributed by atoms with Crippen molar-refractivity contribution in [2.75, 3.05) is 18.4 Å². The van der Waals surface area contributed by atoms with Crippen molar-refractivity contribution >= 4 is 41.7 Å². The van der Waals surface area contributed by atoms with Gasteiger partial charge in [-0.15, -0.1) is 24.2 Å². The summed E-state index contributed by atoms with van der Waals surface area (Å²) in [6.45, 7) is 4.66. The smallest absolute Gasteiger partial charge is 0.235 e. The molecule has 1 heterocycles. The number of hydrogen-bond donors (Lipinski definition) is 2. The lowest BCUT2D eigenvalue weighted by atomic mass is 9.95. The number of halogens is 1. The van der Waals surface area contributed by atoms with Crippen LogP contribution in [0.25, 0.3) is 0 Å². The van der Waals surface area contributed by atoms with E-state index < -0.39 is 0 Å². The second kappa shape index (κ2) is 9.96. The van der Waals surface area contributed by atoms with Crippen LogP contribution in [0.2, 0.25) is 0 Å². The Kier molecular flexibility index (Phi) is 7.92. The van der Waals surface area contributed by atoms with Crippen LogP contribution in [-0.4, -0.2) is 41.1 Å². The minimum absolute atomic E-state index is 0. The number of carbonyl (C=O) groups excluding carboxylic acids is 2. The molecule has 0 saturated carbocycles. The topological polar surface area (TPSA) is 75.4 Å². The quantitative estimate of drug-likeness (QED) is 0.727. The van der Waals surface area contributed by atoms with Gasteiger partial charge >= 0.3 is 0 Å². The largest absolute Gasteiger partial charge is 0.339 e. The van der Waals surface area contributed by atoms with Gasteiger partial charge in [-0.3, -0.25) is 9.59 Å². The molecule has 2 aromatic carbocycles. The van der Waals surface area contributed by atoms with E-state index in [2.05, 4.69) is 17.4 Å². The highest BCUT2D eigenvalue weighted by Gasteiger charge is 2.35. The summed E-state index contributed by atoms with van der Waals surface area (Å²) in [4.78, 5) is 26.8. The maximum atomic E-state index is 12.9. The Morgan fingerprint density at radius 3 is 2.36 bits per heavy atom. The second-order valence-electron chi connectivity index (χ2n) is 6.89. The monoisotopic (exact) mass is 419 g/mol. The highest BCUT2D eigenvalue weighted by Crippen LogP contribution is 2.30. The Morgan fingerprint density at radius 2 is 1.75 bits per heavy atom. The molecule has 0 aromatic heterocycles. The number of likely N-dealkylation sites (tertiary alicyclic amines) is 1. The van der Waals surface area contributed by atoms with Gasteiger partial charge < -0.3 is 16.0 Å². The Balaban J connectivity index is 0.00000280. The summed E-state index contributed by atoms with van der Waals surface area (Å²) in [6.07, 6.45) is 0. The van der Waals surface area contributed by atoms with Crippen molar-refractivity contribution in [1.82, 2.24) is 4.90 Å². The Morgan fingerprint density at radius 1 is 1.11 bits per heavy atom. The summed E-state index contributed by atoms with van der Waals surface area (Å²) < 4.78 is 0. The van der Waals surface area contributed by atoms with Crippen molar-refractivity contribution < 1.29 is 9.59 Å². The third-order valence-corrected chi connectivity index (χ3v) is 5.84. The molecule has 1 aliphatic rings. The van der Waals surface area contributed by atoms with Gasteiger partial charge in [0, 0.05) is 42.6 Å².